The molecule has 24 heavy (non-hydrogen) atoms. The van der Waals surface area contributed by atoms with Crippen LogP contribution < -0.4 is 4.74 Å². The summed E-state index contributed by atoms with van der Waals surface area (Å²) in [6, 6.07) is 12.1. The second kappa shape index (κ2) is 8.47. The monoisotopic (exact) mass is 384 g/mol. The molecule has 0 heterocycles. The normalized spacial score (nSPS) is 11.6. The first-order valence-corrected chi connectivity index (χ1v) is 9.38. The van der Waals surface area contributed by atoms with Crippen molar-refractivity contribution in [1.82, 2.24) is 0 Å². The zero-order valence-electron chi connectivity index (χ0n) is 14.4. The summed E-state index contributed by atoms with van der Waals surface area (Å²) in [5.41, 5.74) is 4.07. The summed E-state index contributed by atoms with van der Waals surface area (Å²) in [5.74, 6) is 1.74. The minimum absolute atomic E-state index is 0.382. The van der Waals surface area contributed by atoms with Crippen molar-refractivity contribution in [2.45, 2.75) is 51.0 Å². The first-order chi connectivity index (χ1) is 11.3. The van der Waals surface area contributed by atoms with E-state index < -0.39 is 4.84 Å². The number of halogens is 3. The van der Waals surface area contributed by atoms with E-state index in [1.54, 1.807) is 6.07 Å². The maximum absolute atomic E-state index is 6.23. The second-order valence-corrected chi connectivity index (χ2v) is 8.01. The predicted molar refractivity (Wildman–Crippen MR) is 105 cm³/mol. The molecular weight excluding hydrogens is 363 g/mol. The Morgan fingerprint density at radius 1 is 0.958 bits per heavy atom. The molecule has 0 unspecified atom stereocenters. The third-order valence-corrected chi connectivity index (χ3v) is 4.84. The van der Waals surface area contributed by atoms with Crippen LogP contribution in [0.2, 0.25) is 5.02 Å². The van der Waals surface area contributed by atoms with Gasteiger partial charge >= 0.3 is 0 Å². The van der Waals surface area contributed by atoms with Crippen LogP contribution in [0.5, 0.6) is 5.75 Å². The van der Waals surface area contributed by atoms with Gasteiger partial charge in [-0.1, -0.05) is 86.8 Å². The van der Waals surface area contributed by atoms with E-state index in [0.29, 0.717) is 29.0 Å². The molecule has 0 N–H and O–H groups in total. The molecule has 2 rings (SSSR count). The van der Waals surface area contributed by atoms with Gasteiger partial charge in [-0.05, 0) is 40.7 Å². The van der Waals surface area contributed by atoms with Gasteiger partial charge in [0.1, 0.15) is 17.2 Å². The predicted octanol–water partition coefficient (Wildman–Crippen LogP) is 7.64. The molecule has 0 fully saturated rings. The summed E-state index contributed by atoms with van der Waals surface area (Å²) in [6.07, 6.45) is 0. The van der Waals surface area contributed by atoms with Crippen LogP contribution in [0.25, 0.3) is 0 Å². The third-order valence-electron chi connectivity index (χ3n) is 4.07. The average Bonchev–Trinajstić information content (AvgIpc) is 2.51. The largest absolute Gasteiger partial charge is 0.489 e. The Labute approximate surface area is 159 Å². The Hall–Kier alpha value is -0.890. The van der Waals surface area contributed by atoms with Gasteiger partial charge in [0.25, 0.3) is 0 Å². The van der Waals surface area contributed by atoms with Gasteiger partial charge in [-0.25, -0.2) is 0 Å². The van der Waals surface area contributed by atoms with E-state index in [2.05, 4.69) is 45.9 Å². The molecule has 0 saturated heterocycles. The zero-order valence-corrected chi connectivity index (χ0v) is 16.7. The van der Waals surface area contributed by atoms with E-state index in [4.69, 9.17) is 39.5 Å². The Morgan fingerprint density at radius 3 is 2.25 bits per heavy atom. The SMILES string of the molecule is CC(C)c1ccc(C(C)C)c(OCc2cccc(Cl)c2C(Cl)Cl)c1. The van der Waals surface area contributed by atoms with Crippen LogP contribution in [0.15, 0.2) is 36.4 Å². The lowest BCUT2D eigenvalue weighted by molar-refractivity contribution is 0.300. The molecule has 0 spiro atoms. The van der Waals surface area contributed by atoms with Crippen LogP contribution in [0.3, 0.4) is 0 Å². The number of hydrogen-bond donors (Lipinski definition) is 0. The molecule has 4 heteroatoms. The fourth-order valence-electron chi connectivity index (χ4n) is 2.62. The summed E-state index contributed by atoms with van der Waals surface area (Å²) in [7, 11) is 0. The summed E-state index contributed by atoms with van der Waals surface area (Å²) in [6.45, 7) is 9.06. The van der Waals surface area contributed by atoms with Crippen molar-refractivity contribution >= 4 is 34.8 Å². The van der Waals surface area contributed by atoms with Gasteiger partial charge in [0, 0.05) is 10.6 Å². The van der Waals surface area contributed by atoms with Gasteiger partial charge in [-0.3, -0.25) is 0 Å². The zero-order chi connectivity index (χ0) is 17.9. The van der Waals surface area contributed by atoms with E-state index in [9.17, 15) is 0 Å². The van der Waals surface area contributed by atoms with Crippen LogP contribution in [0.1, 0.15) is 66.6 Å². The van der Waals surface area contributed by atoms with Crippen LogP contribution >= 0.6 is 34.8 Å². The molecule has 130 valence electrons. The molecule has 0 aliphatic heterocycles. The highest BCUT2D eigenvalue weighted by atomic mass is 35.5. The Kier molecular flexibility index (Phi) is 6.86. The second-order valence-electron chi connectivity index (χ2n) is 6.51. The molecule has 0 radical (unpaired) electrons. The van der Waals surface area contributed by atoms with Gasteiger partial charge in [0.2, 0.25) is 0 Å². The van der Waals surface area contributed by atoms with Crippen LogP contribution in [-0.4, -0.2) is 0 Å². The fourth-order valence-corrected chi connectivity index (χ4v) is 3.55. The number of ether oxygens (including phenoxy) is 1. The minimum Gasteiger partial charge on any atom is -0.489 e. The molecule has 2 aromatic carbocycles. The van der Waals surface area contributed by atoms with E-state index in [0.717, 1.165) is 11.3 Å². The Bertz CT molecular complexity index is 693. The van der Waals surface area contributed by atoms with E-state index in [-0.39, 0.29) is 0 Å². The number of benzene rings is 2. The molecule has 0 aliphatic carbocycles. The summed E-state index contributed by atoms with van der Waals surface area (Å²) >= 11 is 18.4. The van der Waals surface area contributed by atoms with Crippen molar-refractivity contribution in [3.8, 4) is 5.75 Å². The number of hydrogen-bond acceptors (Lipinski definition) is 1. The van der Waals surface area contributed by atoms with Crippen LogP contribution in [0.4, 0.5) is 0 Å². The van der Waals surface area contributed by atoms with E-state index in [1.807, 2.05) is 12.1 Å². The van der Waals surface area contributed by atoms with E-state index >= 15 is 0 Å². The first-order valence-electron chi connectivity index (χ1n) is 8.13. The van der Waals surface area contributed by atoms with Gasteiger partial charge in [0.15, 0.2) is 0 Å². The van der Waals surface area contributed by atoms with E-state index in [1.165, 1.54) is 11.1 Å². The Morgan fingerprint density at radius 2 is 1.67 bits per heavy atom. The molecule has 0 atom stereocenters. The van der Waals surface area contributed by atoms with Gasteiger partial charge in [0.05, 0.1) is 0 Å². The minimum atomic E-state index is -0.677. The molecule has 0 amide bonds. The number of alkyl halides is 2. The molecule has 0 saturated carbocycles. The van der Waals surface area contributed by atoms with Crippen molar-refractivity contribution < 1.29 is 4.74 Å². The van der Waals surface area contributed by atoms with Crippen LogP contribution in [0, 0.1) is 0 Å². The fraction of sp³-hybridized carbons (Fsp3) is 0.400. The lowest BCUT2D eigenvalue weighted by atomic mass is 9.96. The average molecular weight is 386 g/mol. The van der Waals surface area contributed by atoms with Crippen molar-refractivity contribution in [2.75, 3.05) is 0 Å². The maximum Gasteiger partial charge on any atom is 0.134 e. The standard InChI is InChI=1S/C20H23Cl3O/c1-12(2)14-8-9-16(13(3)4)18(10-14)24-11-15-6-5-7-17(21)19(15)20(22)23/h5-10,12-13,20H,11H2,1-4H3. The molecule has 1 nitrogen and oxygen atoms in total. The highest BCUT2D eigenvalue weighted by Gasteiger charge is 2.16. The van der Waals surface area contributed by atoms with Gasteiger partial charge in [-0.2, -0.15) is 0 Å². The van der Waals surface area contributed by atoms with Crippen molar-refractivity contribution in [3.05, 3.63) is 63.7 Å². The van der Waals surface area contributed by atoms with Gasteiger partial charge in [-0.15, -0.1) is 0 Å². The molecule has 0 aliphatic rings. The molecule has 2 aromatic rings. The molecular formula is C20H23Cl3O. The number of rotatable bonds is 6. The highest BCUT2D eigenvalue weighted by molar-refractivity contribution is 6.45. The van der Waals surface area contributed by atoms with Crippen molar-refractivity contribution in [1.29, 1.82) is 0 Å². The summed E-state index contributed by atoms with van der Waals surface area (Å²) < 4.78 is 6.15. The topological polar surface area (TPSA) is 9.23 Å². The van der Waals surface area contributed by atoms with Crippen molar-refractivity contribution in [3.63, 3.8) is 0 Å². The summed E-state index contributed by atoms with van der Waals surface area (Å²) in [4.78, 5) is -0.677. The summed E-state index contributed by atoms with van der Waals surface area (Å²) in [5, 5.41) is 0.561. The smallest absolute Gasteiger partial charge is 0.134 e. The molecule has 0 aromatic heterocycles. The molecule has 0 bridgehead atoms. The first kappa shape index (κ1) is 19.4. The van der Waals surface area contributed by atoms with Crippen molar-refractivity contribution in [2.24, 2.45) is 0 Å². The Balaban J connectivity index is 2.32. The third kappa shape index (κ3) is 4.59. The highest BCUT2D eigenvalue weighted by Crippen LogP contribution is 2.35. The quantitative estimate of drug-likeness (QED) is 0.464. The lowest BCUT2D eigenvalue weighted by Crippen LogP contribution is -2.04. The lowest BCUT2D eigenvalue weighted by Gasteiger charge is -2.18. The van der Waals surface area contributed by atoms with Gasteiger partial charge < -0.3 is 4.74 Å². The van der Waals surface area contributed by atoms with Crippen LogP contribution in [-0.2, 0) is 6.61 Å². The maximum atomic E-state index is 6.23.